The lowest BCUT2D eigenvalue weighted by molar-refractivity contribution is 0.0586. The van der Waals surface area contributed by atoms with E-state index in [-0.39, 0.29) is 16.8 Å². The molecule has 5 nitrogen and oxygen atoms in total. The van der Waals surface area contributed by atoms with Crippen LogP contribution in [0.3, 0.4) is 0 Å². The molecule has 2 heterocycles. The van der Waals surface area contributed by atoms with Crippen molar-refractivity contribution >= 4 is 41.0 Å². The Kier molecular flexibility index (Phi) is 5.51. The zero-order chi connectivity index (χ0) is 19.6. The van der Waals surface area contributed by atoms with Gasteiger partial charge >= 0.3 is 6.03 Å². The molecule has 28 heavy (non-hydrogen) atoms. The number of rotatable bonds is 2. The molecule has 3 amide bonds. The molecule has 7 heteroatoms. The number of nitrogens with one attached hydrogen (secondary N) is 1. The minimum Gasteiger partial charge on any atom is -0.324 e. The summed E-state index contributed by atoms with van der Waals surface area (Å²) in [6.07, 6.45) is 1.52. The van der Waals surface area contributed by atoms with Crippen LogP contribution in [0.5, 0.6) is 0 Å². The van der Waals surface area contributed by atoms with E-state index in [0.29, 0.717) is 30.2 Å². The van der Waals surface area contributed by atoms with Crippen LogP contribution in [0.2, 0.25) is 5.02 Å². The van der Waals surface area contributed by atoms with Crippen LogP contribution >= 0.6 is 23.4 Å². The summed E-state index contributed by atoms with van der Waals surface area (Å²) in [5.41, 5.74) is 1.34. The second-order valence-electron chi connectivity index (χ2n) is 7.01. The Morgan fingerprint density at radius 3 is 2.36 bits per heavy atom. The molecule has 2 aliphatic heterocycles. The second-order valence-corrected chi connectivity index (χ2v) is 8.88. The lowest BCUT2D eigenvalue weighted by Crippen LogP contribution is -2.54. The van der Waals surface area contributed by atoms with Crippen molar-refractivity contribution in [2.45, 2.75) is 17.7 Å². The van der Waals surface area contributed by atoms with Gasteiger partial charge < -0.3 is 15.1 Å². The molecule has 1 spiro atoms. The third-order valence-corrected chi connectivity index (χ3v) is 7.27. The number of amides is 3. The first-order valence-electron chi connectivity index (χ1n) is 9.40. The van der Waals surface area contributed by atoms with Crippen LogP contribution in [0.25, 0.3) is 0 Å². The fourth-order valence-electron chi connectivity index (χ4n) is 3.87. The number of anilines is 1. The average molecular weight is 416 g/mol. The van der Waals surface area contributed by atoms with Crippen molar-refractivity contribution in [2.75, 3.05) is 30.7 Å². The summed E-state index contributed by atoms with van der Waals surface area (Å²) in [7, 11) is 0. The minimum atomic E-state index is -0.250. The van der Waals surface area contributed by atoms with E-state index < -0.39 is 0 Å². The van der Waals surface area contributed by atoms with Gasteiger partial charge in [0, 0.05) is 31.1 Å². The van der Waals surface area contributed by atoms with E-state index in [1.54, 1.807) is 12.1 Å². The van der Waals surface area contributed by atoms with E-state index >= 15 is 0 Å². The highest BCUT2D eigenvalue weighted by atomic mass is 35.5. The van der Waals surface area contributed by atoms with Gasteiger partial charge in [-0.25, -0.2) is 4.79 Å². The molecule has 0 radical (unpaired) electrons. The van der Waals surface area contributed by atoms with E-state index in [4.69, 9.17) is 11.6 Å². The van der Waals surface area contributed by atoms with E-state index in [1.807, 2.05) is 64.0 Å². The van der Waals surface area contributed by atoms with Gasteiger partial charge in [0.2, 0.25) is 0 Å². The lowest BCUT2D eigenvalue weighted by Gasteiger charge is -2.44. The Bertz CT molecular complexity index is 869. The maximum absolute atomic E-state index is 13.1. The largest absolute Gasteiger partial charge is 0.324 e. The predicted molar refractivity (Wildman–Crippen MR) is 114 cm³/mol. The van der Waals surface area contributed by atoms with Gasteiger partial charge in [-0.15, -0.1) is 11.8 Å². The first kappa shape index (κ1) is 19.2. The first-order chi connectivity index (χ1) is 13.6. The number of carbonyl (C=O) groups excluding carboxylic acids is 2. The number of hydrogen-bond donors (Lipinski definition) is 1. The minimum absolute atomic E-state index is 0.0159. The van der Waals surface area contributed by atoms with Crippen molar-refractivity contribution in [1.82, 2.24) is 9.80 Å². The van der Waals surface area contributed by atoms with Crippen molar-refractivity contribution in [3.05, 3.63) is 65.2 Å². The molecule has 146 valence electrons. The van der Waals surface area contributed by atoms with Gasteiger partial charge in [0.25, 0.3) is 5.91 Å². The number of piperidine rings is 1. The summed E-state index contributed by atoms with van der Waals surface area (Å²) >= 11 is 8.08. The summed E-state index contributed by atoms with van der Waals surface area (Å²) in [5, 5.41) is 3.43. The molecule has 0 atom stereocenters. The molecule has 4 rings (SSSR count). The van der Waals surface area contributed by atoms with Gasteiger partial charge in [0.15, 0.2) is 0 Å². The number of thioether (sulfide) groups is 1. The van der Waals surface area contributed by atoms with Crippen LogP contribution in [-0.2, 0) is 0 Å². The van der Waals surface area contributed by atoms with Crippen LogP contribution in [0, 0.1) is 0 Å². The summed E-state index contributed by atoms with van der Waals surface area (Å²) in [5.74, 6) is 0.893. The second kappa shape index (κ2) is 8.05. The van der Waals surface area contributed by atoms with Gasteiger partial charge in [-0.2, -0.15) is 0 Å². The number of benzene rings is 2. The van der Waals surface area contributed by atoms with Crippen LogP contribution < -0.4 is 5.32 Å². The number of halogens is 1. The van der Waals surface area contributed by atoms with Gasteiger partial charge in [0.05, 0.1) is 15.5 Å². The van der Waals surface area contributed by atoms with Crippen molar-refractivity contribution in [3.8, 4) is 0 Å². The van der Waals surface area contributed by atoms with Gasteiger partial charge in [-0.3, -0.25) is 4.79 Å². The van der Waals surface area contributed by atoms with E-state index in [1.165, 1.54) is 0 Å². The fraction of sp³-hybridized carbons (Fsp3) is 0.333. The molecular formula is C21H22ClN3O2S. The Hall–Kier alpha value is -2.18. The monoisotopic (exact) mass is 415 g/mol. The molecule has 2 fully saturated rings. The smallest absolute Gasteiger partial charge is 0.321 e. The number of hydrogen-bond acceptors (Lipinski definition) is 3. The Morgan fingerprint density at radius 2 is 1.64 bits per heavy atom. The molecule has 2 saturated heterocycles. The van der Waals surface area contributed by atoms with Crippen molar-refractivity contribution in [3.63, 3.8) is 0 Å². The van der Waals surface area contributed by atoms with Crippen LogP contribution in [-0.4, -0.2) is 52.0 Å². The molecule has 2 aromatic rings. The number of carbonyl (C=O) groups is 2. The van der Waals surface area contributed by atoms with E-state index in [9.17, 15) is 9.59 Å². The Labute approximate surface area is 174 Å². The van der Waals surface area contributed by atoms with E-state index in [2.05, 4.69) is 5.32 Å². The number of para-hydroxylation sites is 1. The molecule has 0 bridgehead atoms. The van der Waals surface area contributed by atoms with Crippen molar-refractivity contribution in [2.24, 2.45) is 0 Å². The molecule has 1 N–H and O–H groups in total. The number of likely N-dealkylation sites (tertiary alicyclic amines) is 1. The van der Waals surface area contributed by atoms with Gasteiger partial charge in [0.1, 0.15) is 0 Å². The topological polar surface area (TPSA) is 52.7 Å². The summed E-state index contributed by atoms with van der Waals surface area (Å²) in [6, 6.07) is 16.6. The quantitative estimate of drug-likeness (QED) is 0.782. The van der Waals surface area contributed by atoms with Crippen molar-refractivity contribution < 1.29 is 9.59 Å². The third-order valence-electron chi connectivity index (χ3n) is 5.38. The van der Waals surface area contributed by atoms with Crippen LogP contribution in [0.1, 0.15) is 23.2 Å². The van der Waals surface area contributed by atoms with Crippen LogP contribution in [0.15, 0.2) is 54.6 Å². The molecule has 2 aliphatic rings. The molecule has 0 aromatic heterocycles. The highest BCUT2D eigenvalue weighted by Crippen LogP contribution is 2.45. The van der Waals surface area contributed by atoms with E-state index in [0.717, 1.165) is 24.3 Å². The van der Waals surface area contributed by atoms with Crippen LogP contribution in [0.4, 0.5) is 10.5 Å². The normalized spacial score (nSPS) is 18.3. The SMILES string of the molecule is O=C(Nc1ccccc1)N1CCC2(CC1)SCCN2C(=O)c1ccccc1Cl. The highest BCUT2D eigenvalue weighted by Gasteiger charge is 2.47. The third kappa shape index (κ3) is 3.71. The maximum Gasteiger partial charge on any atom is 0.321 e. The Morgan fingerprint density at radius 1 is 0.964 bits per heavy atom. The summed E-state index contributed by atoms with van der Waals surface area (Å²) in [4.78, 5) is 29.2. The number of nitrogens with zero attached hydrogens (tertiary/aromatic N) is 2. The molecule has 0 saturated carbocycles. The molecular weight excluding hydrogens is 394 g/mol. The first-order valence-corrected chi connectivity index (χ1v) is 10.8. The molecule has 0 unspecified atom stereocenters. The zero-order valence-electron chi connectivity index (χ0n) is 15.4. The van der Waals surface area contributed by atoms with Gasteiger partial charge in [-0.1, -0.05) is 41.9 Å². The lowest BCUT2D eigenvalue weighted by atomic mass is 10.0. The predicted octanol–water partition coefficient (Wildman–Crippen LogP) is 4.55. The van der Waals surface area contributed by atoms with Crippen molar-refractivity contribution in [1.29, 1.82) is 0 Å². The standard InChI is InChI=1S/C21H22ClN3O2S/c22-18-9-5-4-8-17(18)19(26)25-14-15-28-21(25)10-12-24(13-11-21)20(27)23-16-6-2-1-3-7-16/h1-9H,10-15H2,(H,23,27). The Balaban J connectivity index is 1.43. The summed E-state index contributed by atoms with van der Waals surface area (Å²) in [6.45, 7) is 1.96. The zero-order valence-corrected chi connectivity index (χ0v) is 17.0. The fourth-order valence-corrected chi connectivity index (χ4v) is 5.54. The highest BCUT2D eigenvalue weighted by molar-refractivity contribution is 8.00. The molecule has 2 aromatic carbocycles. The molecule has 0 aliphatic carbocycles. The average Bonchev–Trinajstić information content (AvgIpc) is 3.12. The maximum atomic E-state index is 13.1. The van der Waals surface area contributed by atoms with Gasteiger partial charge in [-0.05, 0) is 37.1 Å². The number of urea groups is 1. The summed E-state index contributed by atoms with van der Waals surface area (Å²) < 4.78 is 0.